The van der Waals surface area contributed by atoms with Crippen molar-refractivity contribution in [1.29, 1.82) is 0 Å². The second kappa shape index (κ2) is 6.59. The van der Waals surface area contributed by atoms with E-state index in [0.29, 0.717) is 23.8 Å². The van der Waals surface area contributed by atoms with Gasteiger partial charge in [-0.05, 0) is 6.07 Å². The zero-order valence-corrected chi connectivity index (χ0v) is 14.8. The maximum absolute atomic E-state index is 14.6. The SMILES string of the molecule is NC1=NC[C@H]2CN(c3nc(C(F)F)cc(=O)[nH]3)C[C@]2(c2ccccc2F)S1. The third-order valence-electron chi connectivity index (χ3n) is 4.88. The van der Waals surface area contributed by atoms with E-state index < -0.39 is 22.4 Å². The van der Waals surface area contributed by atoms with Crippen molar-refractivity contribution in [2.24, 2.45) is 16.6 Å². The summed E-state index contributed by atoms with van der Waals surface area (Å²) in [5.74, 6) is -0.441. The third kappa shape index (κ3) is 3.07. The number of H-pyrrole nitrogens is 1. The average Bonchev–Trinajstić information content (AvgIpc) is 3.01. The first-order valence-corrected chi connectivity index (χ1v) is 9.09. The van der Waals surface area contributed by atoms with Crippen LogP contribution in [0.15, 0.2) is 40.1 Å². The van der Waals surface area contributed by atoms with Gasteiger partial charge in [0.2, 0.25) is 5.95 Å². The molecule has 6 nitrogen and oxygen atoms in total. The van der Waals surface area contributed by atoms with E-state index in [0.717, 1.165) is 6.07 Å². The predicted molar refractivity (Wildman–Crippen MR) is 97.7 cm³/mol. The molecule has 1 saturated heterocycles. The van der Waals surface area contributed by atoms with Crippen molar-refractivity contribution in [2.75, 3.05) is 24.5 Å². The Morgan fingerprint density at radius 1 is 1.37 bits per heavy atom. The molecule has 1 fully saturated rings. The van der Waals surface area contributed by atoms with Gasteiger partial charge in [-0.3, -0.25) is 14.8 Å². The molecule has 0 aliphatic carbocycles. The van der Waals surface area contributed by atoms with Crippen molar-refractivity contribution < 1.29 is 13.2 Å². The highest BCUT2D eigenvalue weighted by Gasteiger charge is 2.52. The fourth-order valence-corrected chi connectivity index (χ4v) is 5.00. The van der Waals surface area contributed by atoms with E-state index in [1.807, 2.05) is 0 Å². The first-order chi connectivity index (χ1) is 12.9. The number of nitrogens with one attached hydrogen (secondary N) is 1. The Kier molecular flexibility index (Phi) is 4.37. The number of benzene rings is 1. The summed E-state index contributed by atoms with van der Waals surface area (Å²) in [5, 5.41) is 0.346. The summed E-state index contributed by atoms with van der Waals surface area (Å²) in [5.41, 5.74) is 5.16. The van der Waals surface area contributed by atoms with Crippen LogP contribution >= 0.6 is 11.8 Å². The number of hydrogen-bond donors (Lipinski definition) is 2. The molecule has 27 heavy (non-hydrogen) atoms. The molecule has 1 aromatic heterocycles. The van der Waals surface area contributed by atoms with Gasteiger partial charge in [0, 0.05) is 37.2 Å². The van der Waals surface area contributed by atoms with E-state index in [9.17, 15) is 18.0 Å². The maximum atomic E-state index is 14.6. The molecule has 2 aromatic rings. The quantitative estimate of drug-likeness (QED) is 0.832. The van der Waals surface area contributed by atoms with Crippen LogP contribution in [-0.2, 0) is 4.75 Å². The summed E-state index contributed by atoms with van der Waals surface area (Å²) in [6, 6.07) is 7.20. The number of aromatic nitrogens is 2. The summed E-state index contributed by atoms with van der Waals surface area (Å²) >= 11 is 1.26. The number of fused-ring (bicyclic) bond motifs is 1. The van der Waals surface area contributed by atoms with Crippen molar-refractivity contribution in [3.05, 3.63) is 57.8 Å². The van der Waals surface area contributed by atoms with E-state index in [4.69, 9.17) is 5.73 Å². The number of alkyl halides is 2. The third-order valence-corrected chi connectivity index (χ3v) is 6.27. The van der Waals surface area contributed by atoms with Crippen molar-refractivity contribution in [1.82, 2.24) is 9.97 Å². The van der Waals surface area contributed by atoms with E-state index in [-0.39, 0.29) is 24.2 Å². The van der Waals surface area contributed by atoms with Gasteiger partial charge in [0.1, 0.15) is 11.5 Å². The molecule has 2 atom stereocenters. The average molecular weight is 395 g/mol. The Bertz CT molecular complexity index is 966. The lowest BCUT2D eigenvalue weighted by Crippen LogP contribution is -2.40. The van der Waals surface area contributed by atoms with Crippen molar-refractivity contribution in [3.63, 3.8) is 0 Å². The summed E-state index contributed by atoms with van der Waals surface area (Å²) in [6.45, 7) is 1.02. The van der Waals surface area contributed by atoms with Crippen LogP contribution in [0.1, 0.15) is 17.7 Å². The van der Waals surface area contributed by atoms with Gasteiger partial charge in [-0.25, -0.2) is 18.2 Å². The number of anilines is 1. The minimum Gasteiger partial charge on any atom is -0.379 e. The van der Waals surface area contributed by atoms with Crippen molar-refractivity contribution >= 4 is 22.9 Å². The number of nitrogens with two attached hydrogens (primary N) is 1. The second-order valence-electron chi connectivity index (χ2n) is 6.52. The van der Waals surface area contributed by atoms with E-state index in [2.05, 4.69) is 15.0 Å². The Hall–Kier alpha value is -2.49. The van der Waals surface area contributed by atoms with Gasteiger partial charge in [0.15, 0.2) is 5.17 Å². The van der Waals surface area contributed by atoms with Gasteiger partial charge in [-0.1, -0.05) is 30.0 Å². The molecule has 0 spiro atoms. The normalized spacial score (nSPS) is 24.8. The van der Waals surface area contributed by atoms with Gasteiger partial charge in [-0.2, -0.15) is 0 Å². The largest absolute Gasteiger partial charge is 0.379 e. The van der Waals surface area contributed by atoms with Crippen LogP contribution in [0.5, 0.6) is 0 Å². The number of rotatable bonds is 3. The van der Waals surface area contributed by atoms with Crippen molar-refractivity contribution in [3.8, 4) is 0 Å². The zero-order valence-electron chi connectivity index (χ0n) is 14.0. The standard InChI is InChI=1S/C17H16F3N5OS/c18-11-4-2-1-3-10(11)17-8-25(7-9(17)6-22-15(21)27-17)16-23-12(14(19)20)5-13(26)24-16/h1-5,9,14H,6-8H2,(H2,21,22)(H,23,24,26)/t9-,17-/m0/s1. The summed E-state index contributed by atoms with van der Waals surface area (Å²) in [7, 11) is 0. The van der Waals surface area contributed by atoms with Gasteiger partial charge in [0.05, 0.1) is 4.75 Å². The fraction of sp³-hybridized carbons (Fsp3) is 0.353. The summed E-state index contributed by atoms with van der Waals surface area (Å²) in [4.78, 5) is 24.1. The Labute approximate surface area is 156 Å². The molecule has 0 saturated carbocycles. The highest BCUT2D eigenvalue weighted by atomic mass is 32.2. The van der Waals surface area contributed by atoms with Crippen molar-refractivity contribution in [2.45, 2.75) is 11.2 Å². The number of halogens is 3. The second-order valence-corrected chi connectivity index (χ2v) is 7.87. The molecular formula is C17H16F3N5OS. The van der Waals surface area contributed by atoms with Crippen LogP contribution in [0, 0.1) is 11.7 Å². The number of aromatic amines is 1. The van der Waals surface area contributed by atoms with Crippen LogP contribution in [0.2, 0.25) is 0 Å². The van der Waals surface area contributed by atoms with Gasteiger partial charge in [-0.15, -0.1) is 0 Å². The molecule has 0 unspecified atom stereocenters. The van der Waals surface area contributed by atoms with Crippen LogP contribution in [-0.4, -0.2) is 34.8 Å². The molecule has 0 radical (unpaired) electrons. The van der Waals surface area contributed by atoms with E-state index >= 15 is 0 Å². The smallest absolute Gasteiger partial charge is 0.280 e. The lowest BCUT2D eigenvalue weighted by Gasteiger charge is -2.36. The monoisotopic (exact) mass is 395 g/mol. The van der Waals surface area contributed by atoms with E-state index in [1.54, 1.807) is 23.1 Å². The number of nitrogens with zero attached hydrogens (tertiary/aromatic N) is 3. The van der Waals surface area contributed by atoms with Crippen LogP contribution in [0.4, 0.5) is 19.1 Å². The van der Waals surface area contributed by atoms with Gasteiger partial charge < -0.3 is 10.6 Å². The minimum atomic E-state index is -2.86. The first kappa shape index (κ1) is 17.9. The van der Waals surface area contributed by atoms with E-state index in [1.165, 1.54) is 17.8 Å². The highest BCUT2D eigenvalue weighted by Crippen LogP contribution is 2.51. The first-order valence-electron chi connectivity index (χ1n) is 8.27. The summed E-state index contributed by atoms with van der Waals surface area (Å²) < 4.78 is 39.9. The summed E-state index contributed by atoms with van der Waals surface area (Å²) in [6.07, 6.45) is -2.86. The Morgan fingerprint density at radius 2 is 2.15 bits per heavy atom. The molecule has 0 bridgehead atoms. The molecule has 0 amide bonds. The Balaban J connectivity index is 1.77. The lowest BCUT2D eigenvalue weighted by atomic mass is 9.87. The van der Waals surface area contributed by atoms with Crippen LogP contribution in [0.3, 0.4) is 0 Å². The molecule has 3 N–H and O–H groups in total. The number of aliphatic imine (C=N–C) groups is 1. The molecule has 2 aliphatic rings. The number of thioether (sulfide) groups is 1. The molecular weight excluding hydrogens is 379 g/mol. The molecule has 3 heterocycles. The molecule has 1 aromatic carbocycles. The molecule has 2 aliphatic heterocycles. The van der Waals surface area contributed by atoms with Crippen LogP contribution < -0.4 is 16.2 Å². The van der Waals surface area contributed by atoms with Gasteiger partial charge >= 0.3 is 0 Å². The van der Waals surface area contributed by atoms with Gasteiger partial charge in [0.25, 0.3) is 12.0 Å². The molecule has 4 rings (SSSR count). The Morgan fingerprint density at radius 3 is 2.89 bits per heavy atom. The predicted octanol–water partition coefficient (Wildman–Crippen LogP) is 2.24. The maximum Gasteiger partial charge on any atom is 0.280 e. The topological polar surface area (TPSA) is 87.4 Å². The number of hydrogen-bond acceptors (Lipinski definition) is 6. The molecule has 10 heteroatoms. The lowest BCUT2D eigenvalue weighted by molar-refractivity contribution is 0.146. The number of amidine groups is 1. The fourth-order valence-electron chi connectivity index (χ4n) is 3.68. The molecule has 142 valence electrons. The van der Waals surface area contributed by atoms with Crippen LogP contribution in [0.25, 0.3) is 0 Å². The minimum absolute atomic E-state index is 0.0436. The highest BCUT2D eigenvalue weighted by molar-refractivity contribution is 8.14. The zero-order chi connectivity index (χ0) is 19.2.